The molecule has 0 spiro atoms. The van der Waals surface area contributed by atoms with Gasteiger partial charge in [0.15, 0.2) is 11.5 Å². The fourth-order valence-corrected chi connectivity index (χ4v) is 3.19. The summed E-state index contributed by atoms with van der Waals surface area (Å²) in [6.45, 7) is 2.93. The molecule has 7 heteroatoms. The molecule has 0 saturated carbocycles. The van der Waals surface area contributed by atoms with E-state index in [1.54, 1.807) is 23.1 Å². The predicted octanol–water partition coefficient (Wildman–Crippen LogP) is 2.64. The van der Waals surface area contributed by atoms with Crippen molar-refractivity contribution < 1.29 is 23.8 Å². The van der Waals surface area contributed by atoms with E-state index in [9.17, 15) is 9.59 Å². The van der Waals surface area contributed by atoms with Gasteiger partial charge in [-0.05, 0) is 49.4 Å². The fourth-order valence-electron chi connectivity index (χ4n) is 3.19. The summed E-state index contributed by atoms with van der Waals surface area (Å²) in [6, 6.07) is 12.1. The Labute approximate surface area is 164 Å². The summed E-state index contributed by atoms with van der Waals surface area (Å²) in [5.41, 5.74) is 1.24. The van der Waals surface area contributed by atoms with Crippen LogP contribution in [0.2, 0.25) is 0 Å². The number of anilines is 1. The molecule has 1 fully saturated rings. The number of methoxy groups -OCH3 is 2. The summed E-state index contributed by atoms with van der Waals surface area (Å²) in [5, 5.41) is 2.92. The molecule has 0 aromatic heterocycles. The van der Waals surface area contributed by atoms with Crippen LogP contribution in [0.3, 0.4) is 0 Å². The molecule has 3 rings (SSSR count). The third-order valence-corrected chi connectivity index (χ3v) is 4.57. The van der Waals surface area contributed by atoms with Gasteiger partial charge >= 0.3 is 0 Å². The van der Waals surface area contributed by atoms with E-state index in [2.05, 4.69) is 5.32 Å². The van der Waals surface area contributed by atoms with Crippen molar-refractivity contribution >= 4 is 17.5 Å². The minimum absolute atomic E-state index is 0.0261. The van der Waals surface area contributed by atoms with Gasteiger partial charge < -0.3 is 24.4 Å². The van der Waals surface area contributed by atoms with E-state index < -0.39 is 0 Å². The molecule has 1 aliphatic rings. The molecule has 1 aliphatic heterocycles. The van der Waals surface area contributed by atoms with E-state index in [1.807, 2.05) is 31.2 Å². The van der Waals surface area contributed by atoms with Crippen LogP contribution in [0.1, 0.15) is 23.7 Å². The number of carbonyl (C=O) groups is 2. The molecule has 0 bridgehead atoms. The zero-order valence-corrected chi connectivity index (χ0v) is 16.2. The molecule has 1 heterocycles. The molecule has 1 unspecified atom stereocenters. The summed E-state index contributed by atoms with van der Waals surface area (Å²) in [7, 11) is 3.06. The minimum Gasteiger partial charge on any atom is -0.494 e. The van der Waals surface area contributed by atoms with E-state index >= 15 is 0 Å². The molecule has 7 nitrogen and oxygen atoms in total. The number of benzene rings is 2. The Morgan fingerprint density at radius 3 is 2.46 bits per heavy atom. The first-order valence-corrected chi connectivity index (χ1v) is 9.11. The summed E-state index contributed by atoms with van der Waals surface area (Å²) in [6.07, 6.45) is 0.256. The van der Waals surface area contributed by atoms with Crippen LogP contribution in [-0.2, 0) is 4.79 Å². The van der Waals surface area contributed by atoms with E-state index in [0.29, 0.717) is 30.2 Å². The van der Waals surface area contributed by atoms with E-state index in [-0.39, 0.29) is 24.3 Å². The van der Waals surface area contributed by atoms with Crippen LogP contribution in [0, 0.1) is 0 Å². The van der Waals surface area contributed by atoms with Crippen molar-refractivity contribution in [3.63, 3.8) is 0 Å². The second-order valence-corrected chi connectivity index (χ2v) is 6.38. The van der Waals surface area contributed by atoms with Crippen molar-refractivity contribution in [1.82, 2.24) is 5.32 Å². The topological polar surface area (TPSA) is 77.1 Å². The average Bonchev–Trinajstić information content (AvgIpc) is 3.08. The quantitative estimate of drug-likeness (QED) is 0.794. The van der Waals surface area contributed by atoms with Crippen molar-refractivity contribution in [3.05, 3.63) is 48.0 Å². The van der Waals surface area contributed by atoms with Crippen LogP contribution >= 0.6 is 0 Å². The molecule has 0 aliphatic carbocycles. The number of hydrogen-bond acceptors (Lipinski definition) is 5. The highest BCUT2D eigenvalue weighted by atomic mass is 16.5. The van der Waals surface area contributed by atoms with E-state index in [0.717, 1.165) is 11.4 Å². The van der Waals surface area contributed by atoms with Crippen LogP contribution in [0.15, 0.2) is 42.5 Å². The highest BCUT2D eigenvalue weighted by Gasteiger charge is 2.31. The Kier molecular flexibility index (Phi) is 6.03. The highest BCUT2D eigenvalue weighted by Crippen LogP contribution is 2.28. The standard InChI is InChI=1S/C21H24N2O5/c1-4-28-17-8-6-16(7-9-17)23-13-15(12-20(23)24)22-21(25)14-5-10-18(26-2)19(11-14)27-3/h5-11,15H,4,12-13H2,1-3H3,(H,22,25). The lowest BCUT2D eigenvalue weighted by Crippen LogP contribution is -2.37. The Hall–Kier alpha value is -3.22. The second-order valence-electron chi connectivity index (χ2n) is 6.38. The van der Waals surface area contributed by atoms with Crippen LogP contribution in [0.5, 0.6) is 17.2 Å². The van der Waals surface area contributed by atoms with Crippen molar-refractivity contribution in [1.29, 1.82) is 0 Å². The number of ether oxygens (including phenoxy) is 3. The lowest BCUT2D eigenvalue weighted by molar-refractivity contribution is -0.117. The number of rotatable bonds is 7. The Morgan fingerprint density at radius 2 is 1.82 bits per heavy atom. The van der Waals surface area contributed by atoms with Crippen LogP contribution in [0.25, 0.3) is 0 Å². The maximum atomic E-state index is 12.6. The van der Waals surface area contributed by atoms with Gasteiger partial charge in [-0.15, -0.1) is 0 Å². The van der Waals surface area contributed by atoms with Crippen molar-refractivity contribution in [2.45, 2.75) is 19.4 Å². The van der Waals surface area contributed by atoms with Gasteiger partial charge in [0.05, 0.1) is 26.9 Å². The van der Waals surface area contributed by atoms with Crippen LogP contribution in [-0.4, -0.2) is 45.2 Å². The van der Waals surface area contributed by atoms with Crippen LogP contribution in [0.4, 0.5) is 5.69 Å². The molecule has 2 amide bonds. The first kappa shape index (κ1) is 19.5. The van der Waals surface area contributed by atoms with Gasteiger partial charge in [0.25, 0.3) is 5.91 Å². The normalized spacial score (nSPS) is 16.0. The van der Waals surface area contributed by atoms with Crippen molar-refractivity contribution in [3.8, 4) is 17.2 Å². The molecule has 1 atom stereocenters. The fraction of sp³-hybridized carbons (Fsp3) is 0.333. The molecule has 2 aromatic rings. The molecular weight excluding hydrogens is 360 g/mol. The Morgan fingerprint density at radius 1 is 1.11 bits per heavy atom. The number of hydrogen-bond donors (Lipinski definition) is 1. The summed E-state index contributed by atoms with van der Waals surface area (Å²) >= 11 is 0. The lowest BCUT2D eigenvalue weighted by Gasteiger charge is -2.18. The van der Waals surface area contributed by atoms with Crippen LogP contribution < -0.4 is 24.4 Å². The molecule has 0 radical (unpaired) electrons. The number of carbonyl (C=O) groups excluding carboxylic acids is 2. The number of nitrogens with one attached hydrogen (secondary N) is 1. The molecule has 28 heavy (non-hydrogen) atoms. The highest BCUT2D eigenvalue weighted by molar-refractivity contribution is 5.99. The summed E-state index contributed by atoms with van der Waals surface area (Å²) in [5.74, 6) is 1.51. The third kappa shape index (κ3) is 4.19. The van der Waals surface area contributed by atoms with Gasteiger partial charge in [0.1, 0.15) is 5.75 Å². The molecule has 1 N–H and O–H groups in total. The third-order valence-electron chi connectivity index (χ3n) is 4.57. The maximum Gasteiger partial charge on any atom is 0.251 e. The van der Waals surface area contributed by atoms with Gasteiger partial charge in [-0.3, -0.25) is 9.59 Å². The molecule has 2 aromatic carbocycles. The number of nitrogens with zero attached hydrogens (tertiary/aromatic N) is 1. The predicted molar refractivity (Wildman–Crippen MR) is 105 cm³/mol. The second kappa shape index (κ2) is 8.65. The zero-order chi connectivity index (χ0) is 20.1. The van der Waals surface area contributed by atoms with Gasteiger partial charge in [-0.1, -0.05) is 0 Å². The summed E-state index contributed by atoms with van der Waals surface area (Å²) < 4.78 is 15.9. The monoisotopic (exact) mass is 384 g/mol. The largest absolute Gasteiger partial charge is 0.494 e. The molecule has 148 valence electrons. The Balaban J connectivity index is 1.66. The smallest absolute Gasteiger partial charge is 0.251 e. The SMILES string of the molecule is CCOc1ccc(N2CC(NC(=O)c3ccc(OC)c(OC)c3)CC2=O)cc1. The van der Waals surface area contributed by atoms with Gasteiger partial charge in [0.2, 0.25) is 5.91 Å². The molecule has 1 saturated heterocycles. The van der Waals surface area contributed by atoms with Gasteiger partial charge in [0, 0.05) is 24.2 Å². The van der Waals surface area contributed by atoms with Gasteiger partial charge in [-0.2, -0.15) is 0 Å². The Bertz CT molecular complexity index is 850. The first-order valence-electron chi connectivity index (χ1n) is 9.11. The van der Waals surface area contributed by atoms with Gasteiger partial charge in [-0.25, -0.2) is 0 Å². The van der Waals surface area contributed by atoms with E-state index in [1.165, 1.54) is 14.2 Å². The lowest BCUT2D eigenvalue weighted by atomic mass is 10.1. The summed E-state index contributed by atoms with van der Waals surface area (Å²) in [4.78, 5) is 26.7. The number of amides is 2. The van der Waals surface area contributed by atoms with E-state index in [4.69, 9.17) is 14.2 Å². The van der Waals surface area contributed by atoms with Crippen molar-refractivity contribution in [2.24, 2.45) is 0 Å². The average molecular weight is 384 g/mol. The zero-order valence-electron chi connectivity index (χ0n) is 16.2. The maximum absolute atomic E-state index is 12.6. The minimum atomic E-state index is -0.264. The van der Waals surface area contributed by atoms with Crippen molar-refractivity contribution in [2.75, 3.05) is 32.3 Å². The molecular formula is C21H24N2O5. The first-order chi connectivity index (χ1) is 13.5.